The van der Waals surface area contributed by atoms with Crippen LogP contribution in [0.15, 0.2) is 0 Å². The first-order valence-corrected chi connectivity index (χ1v) is 8.66. The molecule has 4 nitrogen and oxygen atoms in total. The van der Waals surface area contributed by atoms with E-state index in [4.69, 9.17) is 17.3 Å². The second-order valence-electron chi connectivity index (χ2n) is 6.07. The van der Waals surface area contributed by atoms with Gasteiger partial charge in [0.15, 0.2) is 0 Å². The molecule has 0 radical (unpaired) electrons. The summed E-state index contributed by atoms with van der Waals surface area (Å²) in [6, 6.07) is 0.588. The van der Waals surface area contributed by atoms with Gasteiger partial charge in [0.25, 0.3) is 0 Å². The first-order chi connectivity index (χ1) is 10.1. The van der Waals surface area contributed by atoms with Crippen LogP contribution in [0.1, 0.15) is 50.9 Å². The summed E-state index contributed by atoms with van der Waals surface area (Å²) < 4.78 is 2.04. The number of rotatable bonds is 6. The van der Waals surface area contributed by atoms with Gasteiger partial charge in [-0.1, -0.05) is 31.4 Å². The summed E-state index contributed by atoms with van der Waals surface area (Å²) >= 11 is 6.47. The van der Waals surface area contributed by atoms with Crippen LogP contribution in [0.3, 0.4) is 0 Å². The molecule has 1 heterocycles. The minimum atomic E-state index is 0.588. The van der Waals surface area contributed by atoms with Crippen molar-refractivity contribution in [1.29, 1.82) is 0 Å². The third kappa shape index (κ3) is 3.61. The van der Waals surface area contributed by atoms with Gasteiger partial charge in [-0.2, -0.15) is 5.10 Å². The van der Waals surface area contributed by atoms with Crippen molar-refractivity contribution in [2.45, 2.75) is 65.6 Å². The second kappa shape index (κ2) is 7.61. The molecule has 1 fully saturated rings. The summed E-state index contributed by atoms with van der Waals surface area (Å²) in [5.74, 6) is 0.622. The lowest BCUT2D eigenvalue weighted by molar-refractivity contribution is 0.103. The molecule has 0 aromatic carbocycles. The van der Waals surface area contributed by atoms with Crippen molar-refractivity contribution < 1.29 is 0 Å². The third-order valence-electron chi connectivity index (χ3n) is 4.85. The molecule has 1 aliphatic carbocycles. The van der Waals surface area contributed by atoms with Crippen molar-refractivity contribution in [2.75, 3.05) is 13.1 Å². The maximum Gasteiger partial charge on any atom is 0.0860 e. The number of halogens is 1. The lowest BCUT2D eigenvalue weighted by atomic mass is 9.83. The molecule has 5 heteroatoms. The summed E-state index contributed by atoms with van der Waals surface area (Å²) in [6.07, 6.45) is 5.16. The molecule has 1 aromatic rings. The molecule has 0 spiro atoms. The van der Waals surface area contributed by atoms with Gasteiger partial charge < -0.3 is 5.73 Å². The van der Waals surface area contributed by atoms with Gasteiger partial charge in [0.1, 0.15) is 0 Å². The molecule has 0 aliphatic heterocycles. The molecule has 0 amide bonds. The zero-order valence-electron chi connectivity index (χ0n) is 13.6. The predicted octanol–water partition coefficient (Wildman–Crippen LogP) is 3.20. The number of aromatic nitrogens is 2. The van der Waals surface area contributed by atoms with Crippen LogP contribution in [0.25, 0.3) is 0 Å². The van der Waals surface area contributed by atoms with Gasteiger partial charge in [0.05, 0.1) is 16.4 Å². The van der Waals surface area contributed by atoms with E-state index in [1.807, 2.05) is 11.6 Å². The van der Waals surface area contributed by atoms with E-state index in [1.54, 1.807) is 0 Å². The molecule has 120 valence electrons. The quantitative estimate of drug-likeness (QED) is 0.877. The third-order valence-corrected chi connectivity index (χ3v) is 5.34. The normalized spacial score (nSPS) is 23.0. The Morgan fingerprint density at radius 1 is 1.33 bits per heavy atom. The lowest BCUT2D eigenvalue weighted by Crippen LogP contribution is -2.45. The van der Waals surface area contributed by atoms with Crippen molar-refractivity contribution >= 4 is 11.6 Å². The Balaban J connectivity index is 2.18. The van der Waals surface area contributed by atoms with Crippen molar-refractivity contribution in [1.82, 2.24) is 14.7 Å². The van der Waals surface area contributed by atoms with Crippen LogP contribution < -0.4 is 5.73 Å². The van der Waals surface area contributed by atoms with Gasteiger partial charge in [-0.25, -0.2) is 0 Å². The highest BCUT2D eigenvalue weighted by Crippen LogP contribution is 2.30. The molecular weight excluding hydrogens is 284 g/mol. The molecule has 0 bridgehead atoms. The Labute approximate surface area is 133 Å². The van der Waals surface area contributed by atoms with Crippen molar-refractivity contribution in [3.05, 3.63) is 16.4 Å². The van der Waals surface area contributed by atoms with Crippen molar-refractivity contribution in [3.63, 3.8) is 0 Å². The van der Waals surface area contributed by atoms with Gasteiger partial charge in [0, 0.05) is 19.1 Å². The van der Waals surface area contributed by atoms with Crippen LogP contribution in [-0.2, 0) is 13.1 Å². The summed E-state index contributed by atoms with van der Waals surface area (Å²) in [4.78, 5) is 2.55. The number of nitrogens with zero attached hydrogens (tertiary/aromatic N) is 3. The smallest absolute Gasteiger partial charge is 0.0860 e. The zero-order valence-corrected chi connectivity index (χ0v) is 14.4. The van der Waals surface area contributed by atoms with E-state index >= 15 is 0 Å². The minimum absolute atomic E-state index is 0.588. The van der Waals surface area contributed by atoms with E-state index in [2.05, 4.69) is 23.8 Å². The second-order valence-corrected chi connectivity index (χ2v) is 6.45. The van der Waals surface area contributed by atoms with Crippen LogP contribution >= 0.6 is 11.6 Å². The molecule has 1 aliphatic rings. The Kier molecular flexibility index (Phi) is 6.08. The van der Waals surface area contributed by atoms with Gasteiger partial charge in [-0.3, -0.25) is 9.58 Å². The van der Waals surface area contributed by atoms with E-state index in [1.165, 1.54) is 25.7 Å². The molecule has 2 rings (SSSR count). The van der Waals surface area contributed by atoms with E-state index in [9.17, 15) is 0 Å². The number of hydrogen-bond donors (Lipinski definition) is 1. The highest BCUT2D eigenvalue weighted by molar-refractivity contribution is 6.31. The molecule has 2 unspecified atom stereocenters. The zero-order chi connectivity index (χ0) is 15.4. The van der Waals surface area contributed by atoms with Gasteiger partial charge in [0.2, 0.25) is 0 Å². The largest absolute Gasteiger partial charge is 0.330 e. The Hall–Kier alpha value is -0.580. The van der Waals surface area contributed by atoms with Crippen LogP contribution in [-0.4, -0.2) is 33.8 Å². The lowest BCUT2D eigenvalue weighted by Gasteiger charge is -2.39. The van der Waals surface area contributed by atoms with E-state index in [0.29, 0.717) is 12.0 Å². The van der Waals surface area contributed by atoms with Crippen LogP contribution in [0.5, 0.6) is 0 Å². The SMILES string of the molecule is CCN(Cc1c(Cl)c(C)nn1CC)C1CCCCC1CN. The Morgan fingerprint density at radius 3 is 2.67 bits per heavy atom. The maximum atomic E-state index is 6.47. The molecule has 1 saturated carbocycles. The monoisotopic (exact) mass is 312 g/mol. The highest BCUT2D eigenvalue weighted by Gasteiger charge is 2.29. The standard InChI is InChI=1S/C16H29ClN4/c1-4-20(14-9-7-6-8-13(14)10-18)11-15-16(17)12(3)19-21(15)5-2/h13-14H,4-11,18H2,1-3H3. The van der Waals surface area contributed by atoms with E-state index in [0.717, 1.165) is 42.6 Å². The molecule has 2 N–H and O–H groups in total. The summed E-state index contributed by atoms with van der Waals surface area (Å²) in [7, 11) is 0. The summed E-state index contributed by atoms with van der Waals surface area (Å²) in [5, 5.41) is 5.36. The fourth-order valence-corrected chi connectivity index (χ4v) is 3.81. The average molecular weight is 313 g/mol. The molecule has 2 atom stereocenters. The Bertz CT molecular complexity index is 457. The molecule has 21 heavy (non-hydrogen) atoms. The van der Waals surface area contributed by atoms with Crippen molar-refractivity contribution in [2.24, 2.45) is 11.7 Å². The van der Waals surface area contributed by atoms with E-state index < -0.39 is 0 Å². The number of hydrogen-bond acceptors (Lipinski definition) is 3. The predicted molar refractivity (Wildman–Crippen MR) is 88.5 cm³/mol. The molecule has 1 aromatic heterocycles. The van der Waals surface area contributed by atoms with Crippen LogP contribution in [0.2, 0.25) is 5.02 Å². The fourth-order valence-electron chi connectivity index (χ4n) is 3.62. The first kappa shape index (κ1) is 16.8. The van der Waals surface area contributed by atoms with Gasteiger partial charge >= 0.3 is 0 Å². The number of aryl methyl sites for hydroxylation is 2. The van der Waals surface area contributed by atoms with Crippen LogP contribution in [0, 0.1) is 12.8 Å². The Morgan fingerprint density at radius 2 is 2.05 bits per heavy atom. The fraction of sp³-hybridized carbons (Fsp3) is 0.812. The van der Waals surface area contributed by atoms with Crippen molar-refractivity contribution in [3.8, 4) is 0 Å². The summed E-state index contributed by atoms with van der Waals surface area (Å²) in [6.45, 7) is 9.90. The maximum absolute atomic E-state index is 6.47. The van der Waals surface area contributed by atoms with E-state index in [-0.39, 0.29) is 0 Å². The van der Waals surface area contributed by atoms with Crippen LogP contribution in [0.4, 0.5) is 0 Å². The van der Waals surface area contributed by atoms with Gasteiger partial charge in [-0.15, -0.1) is 0 Å². The minimum Gasteiger partial charge on any atom is -0.330 e. The first-order valence-electron chi connectivity index (χ1n) is 8.28. The molecule has 0 saturated heterocycles. The average Bonchev–Trinajstić information content (AvgIpc) is 2.79. The van der Waals surface area contributed by atoms with Gasteiger partial charge in [-0.05, 0) is 45.7 Å². The highest BCUT2D eigenvalue weighted by atomic mass is 35.5. The summed E-state index contributed by atoms with van der Waals surface area (Å²) in [5.41, 5.74) is 8.09. The molecular formula is C16H29ClN4. The number of nitrogens with two attached hydrogens (primary N) is 1. The topological polar surface area (TPSA) is 47.1 Å².